The zero-order valence-corrected chi connectivity index (χ0v) is 12.4. The van der Waals surface area contributed by atoms with Gasteiger partial charge in [-0.25, -0.2) is 0 Å². The predicted octanol–water partition coefficient (Wildman–Crippen LogP) is 0.309. The van der Waals surface area contributed by atoms with Gasteiger partial charge in [-0.3, -0.25) is 4.79 Å². The van der Waals surface area contributed by atoms with Crippen molar-refractivity contribution < 1.29 is 9.53 Å². The summed E-state index contributed by atoms with van der Waals surface area (Å²) in [6, 6.07) is 0.707. The molecule has 2 atom stereocenters. The average Bonchev–Trinajstić information content (AvgIpc) is 2.90. The van der Waals surface area contributed by atoms with E-state index >= 15 is 0 Å². The van der Waals surface area contributed by atoms with E-state index in [1.54, 1.807) is 0 Å². The second-order valence-corrected chi connectivity index (χ2v) is 6.32. The normalized spacial score (nSPS) is 31.3. The van der Waals surface area contributed by atoms with Crippen LogP contribution in [0.4, 0.5) is 0 Å². The Morgan fingerprint density at radius 1 is 1.25 bits per heavy atom. The standard InChI is InChI=1S/C15H27N3O2/c19-15(18-7-9-20-10-8-18)4-2-6-17-11-13-3-1-5-16-14(13)12-17/h13-14,16H,1-12H2/t13-,14+/m0/s1. The van der Waals surface area contributed by atoms with E-state index in [2.05, 4.69) is 10.2 Å². The highest BCUT2D eigenvalue weighted by atomic mass is 16.5. The number of fused-ring (bicyclic) bond motifs is 1. The van der Waals surface area contributed by atoms with Crippen molar-refractivity contribution in [1.82, 2.24) is 15.1 Å². The Morgan fingerprint density at radius 3 is 2.90 bits per heavy atom. The van der Waals surface area contributed by atoms with Gasteiger partial charge in [-0.15, -0.1) is 0 Å². The van der Waals surface area contributed by atoms with Crippen LogP contribution in [0.3, 0.4) is 0 Å². The van der Waals surface area contributed by atoms with Crippen molar-refractivity contribution >= 4 is 5.91 Å². The molecule has 0 spiro atoms. The Morgan fingerprint density at radius 2 is 2.10 bits per heavy atom. The van der Waals surface area contributed by atoms with Gasteiger partial charge in [0.05, 0.1) is 13.2 Å². The molecular formula is C15H27N3O2. The van der Waals surface area contributed by atoms with Crippen LogP contribution in [0.15, 0.2) is 0 Å². The highest BCUT2D eigenvalue weighted by Gasteiger charge is 2.33. The van der Waals surface area contributed by atoms with E-state index < -0.39 is 0 Å². The Balaban J connectivity index is 1.34. The third-order valence-electron chi connectivity index (χ3n) is 4.90. The number of carbonyl (C=O) groups excluding carboxylic acids is 1. The maximum atomic E-state index is 12.1. The van der Waals surface area contributed by atoms with Crippen LogP contribution >= 0.6 is 0 Å². The van der Waals surface area contributed by atoms with Gasteiger partial charge in [-0.1, -0.05) is 0 Å². The van der Waals surface area contributed by atoms with Gasteiger partial charge in [0, 0.05) is 38.6 Å². The lowest BCUT2D eigenvalue weighted by molar-refractivity contribution is -0.135. The molecule has 5 nitrogen and oxygen atoms in total. The molecule has 3 aliphatic heterocycles. The van der Waals surface area contributed by atoms with Gasteiger partial charge >= 0.3 is 0 Å². The zero-order chi connectivity index (χ0) is 13.8. The summed E-state index contributed by atoms with van der Waals surface area (Å²) in [7, 11) is 0. The molecule has 3 saturated heterocycles. The van der Waals surface area contributed by atoms with Crippen molar-refractivity contribution in [1.29, 1.82) is 0 Å². The van der Waals surface area contributed by atoms with Gasteiger partial charge < -0.3 is 19.9 Å². The molecule has 5 heteroatoms. The molecule has 0 saturated carbocycles. The summed E-state index contributed by atoms with van der Waals surface area (Å²) >= 11 is 0. The summed E-state index contributed by atoms with van der Waals surface area (Å²) in [6.45, 7) is 7.61. The van der Waals surface area contributed by atoms with Gasteiger partial charge in [-0.2, -0.15) is 0 Å². The molecule has 20 heavy (non-hydrogen) atoms. The maximum Gasteiger partial charge on any atom is 0.222 e. The molecule has 114 valence electrons. The number of hydrogen-bond acceptors (Lipinski definition) is 4. The summed E-state index contributed by atoms with van der Waals surface area (Å²) in [5.41, 5.74) is 0. The van der Waals surface area contributed by atoms with Crippen LogP contribution in [0.1, 0.15) is 25.7 Å². The molecule has 1 amide bonds. The third kappa shape index (κ3) is 3.51. The van der Waals surface area contributed by atoms with E-state index in [1.165, 1.54) is 32.5 Å². The molecule has 1 N–H and O–H groups in total. The summed E-state index contributed by atoms with van der Waals surface area (Å²) < 4.78 is 5.28. The molecule has 0 aromatic rings. The van der Waals surface area contributed by atoms with Crippen molar-refractivity contribution in [2.24, 2.45) is 5.92 Å². The van der Waals surface area contributed by atoms with E-state index in [4.69, 9.17) is 4.74 Å². The molecule has 0 aromatic carbocycles. The maximum absolute atomic E-state index is 12.1. The third-order valence-corrected chi connectivity index (χ3v) is 4.90. The zero-order valence-electron chi connectivity index (χ0n) is 12.4. The SMILES string of the molecule is O=C(CCCN1C[C@@H]2CCCN[C@@H]2C1)N1CCOCC1. The fraction of sp³-hybridized carbons (Fsp3) is 0.933. The monoisotopic (exact) mass is 281 g/mol. The number of carbonyl (C=O) groups is 1. The molecule has 3 rings (SSSR count). The summed E-state index contributed by atoms with van der Waals surface area (Å²) in [6.07, 6.45) is 4.39. The van der Waals surface area contributed by atoms with Crippen LogP contribution in [-0.2, 0) is 9.53 Å². The van der Waals surface area contributed by atoms with E-state index in [0.29, 0.717) is 31.6 Å². The number of likely N-dealkylation sites (tertiary alicyclic amines) is 1. The number of nitrogens with zero attached hydrogens (tertiary/aromatic N) is 2. The van der Waals surface area contributed by atoms with E-state index in [-0.39, 0.29) is 0 Å². The van der Waals surface area contributed by atoms with Crippen molar-refractivity contribution in [2.45, 2.75) is 31.7 Å². The van der Waals surface area contributed by atoms with E-state index in [1.807, 2.05) is 4.90 Å². The minimum absolute atomic E-state index is 0.308. The molecule has 0 bridgehead atoms. The van der Waals surface area contributed by atoms with Gasteiger partial charge in [0.15, 0.2) is 0 Å². The Labute approximate surface area is 121 Å². The Hall–Kier alpha value is -0.650. The van der Waals surface area contributed by atoms with Crippen molar-refractivity contribution in [3.05, 3.63) is 0 Å². The first kappa shape index (κ1) is 14.3. The first-order valence-corrected chi connectivity index (χ1v) is 8.14. The minimum Gasteiger partial charge on any atom is -0.378 e. The van der Waals surface area contributed by atoms with Gasteiger partial charge in [0.1, 0.15) is 0 Å². The molecular weight excluding hydrogens is 254 g/mol. The van der Waals surface area contributed by atoms with Crippen LogP contribution in [0.5, 0.6) is 0 Å². The highest BCUT2D eigenvalue weighted by Crippen LogP contribution is 2.24. The summed E-state index contributed by atoms with van der Waals surface area (Å²) in [5.74, 6) is 1.15. The molecule has 0 aromatic heterocycles. The number of ether oxygens (including phenoxy) is 1. The molecule has 3 fully saturated rings. The van der Waals surface area contributed by atoms with Gasteiger partial charge in [-0.05, 0) is 38.3 Å². The van der Waals surface area contributed by atoms with Crippen LogP contribution in [0.25, 0.3) is 0 Å². The Bertz CT molecular complexity index is 317. The summed E-state index contributed by atoms with van der Waals surface area (Å²) in [5, 5.41) is 3.63. The Kier molecular flexibility index (Phi) is 4.91. The quantitative estimate of drug-likeness (QED) is 0.805. The first-order chi connectivity index (χ1) is 9.83. The second-order valence-electron chi connectivity index (χ2n) is 6.32. The minimum atomic E-state index is 0.308. The second kappa shape index (κ2) is 6.87. The molecule has 0 unspecified atom stereocenters. The fourth-order valence-electron chi connectivity index (χ4n) is 3.74. The smallest absolute Gasteiger partial charge is 0.222 e. The highest BCUT2D eigenvalue weighted by molar-refractivity contribution is 5.76. The van der Waals surface area contributed by atoms with E-state index in [0.717, 1.165) is 32.0 Å². The fourth-order valence-corrected chi connectivity index (χ4v) is 3.74. The lowest BCUT2D eigenvalue weighted by Gasteiger charge is -2.27. The number of hydrogen-bond donors (Lipinski definition) is 1. The largest absolute Gasteiger partial charge is 0.378 e. The van der Waals surface area contributed by atoms with Crippen molar-refractivity contribution in [3.8, 4) is 0 Å². The molecule has 3 heterocycles. The predicted molar refractivity (Wildman–Crippen MR) is 77.6 cm³/mol. The van der Waals surface area contributed by atoms with Crippen LogP contribution in [0, 0.1) is 5.92 Å². The lowest BCUT2D eigenvalue weighted by atomic mass is 9.94. The number of amides is 1. The first-order valence-electron chi connectivity index (χ1n) is 8.14. The molecule has 0 radical (unpaired) electrons. The van der Waals surface area contributed by atoms with Crippen LogP contribution in [0.2, 0.25) is 0 Å². The van der Waals surface area contributed by atoms with E-state index in [9.17, 15) is 4.79 Å². The average molecular weight is 281 g/mol. The number of piperidine rings is 1. The van der Waals surface area contributed by atoms with Gasteiger partial charge in [0.25, 0.3) is 0 Å². The van der Waals surface area contributed by atoms with Crippen molar-refractivity contribution in [3.63, 3.8) is 0 Å². The molecule has 3 aliphatic rings. The summed E-state index contributed by atoms with van der Waals surface area (Å²) in [4.78, 5) is 16.6. The van der Waals surface area contributed by atoms with Crippen LogP contribution in [-0.4, -0.2) is 74.2 Å². The number of rotatable bonds is 4. The van der Waals surface area contributed by atoms with Crippen molar-refractivity contribution in [2.75, 3.05) is 52.5 Å². The topological polar surface area (TPSA) is 44.8 Å². The lowest BCUT2D eigenvalue weighted by Crippen LogP contribution is -2.41. The molecule has 0 aliphatic carbocycles. The van der Waals surface area contributed by atoms with Crippen LogP contribution < -0.4 is 5.32 Å². The number of morpholine rings is 1. The number of nitrogens with one attached hydrogen (secondary N) is 1. The van der Waals surface area contributed by atoms with Gasteiger partial charge in [0.2, 0.25) is 5.91 Å².